The van der Waals surface area contributed by atoms with Gasteiger partial charge < -0.3 is 9.84 Å². The van der Waals surface area contributed by atoms with E-state index in [4.69, 9.17) is 5.11 Å². The van der Waals surface area contributed by atoms with Crippen LogP contribution in [0.3, 0.4) is 0 Å². The third-order valence-corrected chi connectivity index (χ3v) is 1.44. The van der Waals surface area contributed by atoms with Crippen LogP contribution < -0.4 is 0 Å². The Morgan fingerprint density at radius 2 is 2.07 bits per heavy atom. The molecule has 1 unspecified atom stereocenters. The molecule has 0 radical (unpaired) electrons. The molecule has 0 aliphatic carbocycles. The lowest BCUT2D eigenvalue weighted by atomic mass is 10.2. The summed E-state index contributed by atoms with van der Waals surface area (Å²) in [6, 6.07) is 0. The molecule has 0 fully saturated rings. The Labute approximate surface area is 79.9 Å². The molecule has 0 aromatic rings. The fourth-order valence-corrected chi connectivity index (χ4v) is 0.716. The van der Waals surface area contributed by atoms with Crippen LogP contribution in [0.5, 0.6) is 0 Å². The Balaban J connectivity index is 3.77. The largest absolute Gasteiger partial charge is 0.464 e. The summed E-state index contributed by atoms with van der Waals surface area (Å²) in [6.45, 7) is 1.89. The maximum Gasteiger partial charge on any atom is 0.392 e. The van der Waals surface area contributed by atoms with Crippen LogP contribution >= 0.6 is 0 Å². The van der Waals surface area contributed by atoms with Gasteiger partial charge in [-0.05, 0) is 6.42 Å². The molecule has 0 bridgehead atoms. The summed E-state index contributed by atoms with van der Waals surface area (Å²) < 4.78 is 39.5. The number of aliphatic hydroxyl groups excluding tert-OH is 1. The average Bonchev–Trinajstić information content (AvgIpc) is 2.01. The predicted octanol–water partition coefficient (Wildman–Crippen LogP) is 1.64. The quantitative estimate of drug-likeness (QED) is 0.559. The van der Waals surface area contributed by atoms with Crippen LogP contribution in [0.4, 0.5) is 13.2 Å². The van der Waals surface area contributed by atoms with E-state index in [1.165, 1.54) is 0 Å². The zero-order valence-electron chi connectivity index (χ0n) is 7.80. The van der Waals surface area contributed by atoms with Crippen molar-refractivity contribution < 1.29 is 27.8 Å². The van der Waals surface area contributed by atoms with E-state index in [1.807, 2.05) is 6.92 Å². The van der Waals surface area contributed by atoms with Gasteiger partial charge in [-0.2, -0.15) is 13.2 Å². The van der Waals surface area contributed by atoms with Crippen LogP contribution in [0.15, 0.2) is 0 Å². The summed E-state index contributed by atoms with van der Waals surface area (Å²) in [6.07, 6.45) is -6.87. The van der Waals surface area contributed by atoms with Crippen molar-refractivity contribution in [2.24, 2.45) is 0 Å². The van der Waals surface area contributed by atoms with E-state index in [0.29, 0.717) is 6.42 Å². The molecule has 0 spiro atoms. The standard InChI is InChI=1S/C8H13F3O3/c1-2-3-4-14-7(13)6(12)5-8(9,10)11/h6,12H,2-5H2,1H3. The van der Waals surface area contributed by atoms with Crippen molar-refractivity contribution in [1.29, 1.82) is 0 Å². The minimum Gasteiger partial charge on any atom is -0.464 e. The van der Waals surface area contributed by atoms with Crippen LogP contribution in [0.1, 0.15) is 26.2 Å². The SMILES string of the molecule is CCCCOC(=O)C(O)CC(F)(F)F. The summed E-state index contributed by atoms with van der Waals surface area (Å²) >= 11 is 0. The summed E-state index contributed by atoms with van der Waals surface area (Å²) in [5.41, 5.74) is 0. The van der Waals surface area contributed by atoms with Crippen LogP contribution in [-0.2, 0) is 9.53 Å². The first-order chi connectivity index (χ1) is 6.37. The third kappa shape index (κ3) is 6.71. The molecular weight excluding hydrogens is 201 g/mol. The van der Waals surface area contributed by atoms with Gasteiger partial charge in [0.2, 0.25) is 0 Å². The number of ether oxygens (including phenoxy) is 1. The van der Waals surface area contributed by atoms with Gasteiger partial charge in [-0.25, -0.2) is 4.79 Å². The van der Waals surface area contributed by atoms with Crippen molar-refractivity contribution >= 4 is 5.97 Å². The molecule has 0 aromatic carbocycles. The second-order valence-corrected chi connectivity index (χ2v) is 2.86. The smallest absolute Gasteiger partial charge is 0.392 e. The van der Waals surface area contributed by atoms with E-state index in [2.05, 4.69) is 4.74 Å². The van der Waals surface area contributed by atoms with Crippen molar-refractivity contribution in [2.75, 3.05) is 6.61 Å². The van der Waals surface area contributed by atoms with Crippen molar-refractivity contribution in [3.63, 3.8) is 0 Å². The molecule has 0 saturated heterocycles. The molecule has 1 N–H and O–H groups in total. The molecule has 0 aliphatic rings. The Bertz CT molecular complexity index is 179. The van der Waals surface area contributed by atoms with Crippen molar-refractivity contribution in [3.8, 4) is 0 Å². The summed E-state index contributed by atoms with van der Waals surface area (Å²) in [5, 5.41) is 8.76. The number of unbranched alkanes of at least 4 members (excludes halogenated alkanes) is 1. The van der Waals surface area contributed by atoms with E-state index in [0.717, 1.165) is 6.42 Å². The van der Waals surface area contributed by atoms with Crippen molar-refractivity contribution in [2.45, 2.75) is 38.5 Å². The van der Waals surface area contributed by atoms with E-state index in [9.17, 15) is 18.0 Å². The monoisotopic (exact) mass is 214 g/mol. The lowest BCUT2D eigenvalue weighted by Gasteiger charge is -2.12. The normalized spacial score (nSPS) is 13.8. The van der Waals surface area contributed by atoms with Gasteiger partial charge in [-0.3, -0.25) is 0 Å². The average molecular weight is 214 g/mol. The number of alkyl halides is 3. The van der Waals surface area contributed by atoms with Gasteiger partial charge in [-0.15, -0.1) is 0 Å². The first-order valence-corrected chi connectivity index (χ1v) is 4.28. The number of rotatable bonds is 5. The Morgan fingerprint density at radius 3 is 2.50 bits per heavy atom. The van der Waals surface area contributed by atoms with Gasteiger partial charge in [0.25, 0.3) is 0 Å². The molecule has 14 heavy (non-hydrogen) atoms. The van der Waals surface area contributed by atoms with E-state index in [1.54, 1.807) is 0 Å². The second kappa shape index (κ2) is 5.85. The minimum atomic E-state index is -4.55. The first-order valence-electron chi connectivity index (χ1n) is 4.28. The Morgan fingerprint density at radius 1 is 1.50 bits per heavy atom. The summed E-state index contributed by atoms with van der Waals surface area (Å²) in [7, 11) is 0. The number of aliphatic hydroxyl groups is 1. The lowest BCUT2D eigenvalue weighted by Crippen LogP contribution is -2.29. The number of hydrogen-bond donors (Lipinski definition) is 1. The highest BCUT2D eigenvalue weighted by molar-refractivity contribution is 5.74. The van der Waals surface area contributed by atoms with E-state index >= 15 is 0 Å². The van der Waals surface area contributed by atoms with Gasteiger partial charge in [0.1, 0.15) is 0 Å². The van der Waals surface area contributed by atoms with E-state index < -0.39 is 24.7 Å². The number of halogens is 3. The van der Waals surface area contributed by atoms with Gasteiger partial charge in [0, 0.05) is 0 Å². The van der Waals surface area contributed by atoms with Gasteiger partial charge in [-0.1, -0.05) is 13.3 Å². The number of esters is 1. The molecule has 3 nitrogen and oxygen atoms in total. The van der Waals surface area contributed by atoms with Crippen LogP contribution in [0, 0.1) is 0 Å². The van der Waals surface area contributed by atoms with Gasteiger partial charge >= 0.3 is 12.1 Å². The molecule has 0 rings (SSSR count). The first kappa shape index (κ1) is 13.2. The maximum absolute atomic E-state index is 11.7. The number of carbonyl (C=O) groups is 1. The molecule has 0 saturated carbocycles. The molecule has 1 atom stereocenters. The highest BCUT2D eigenvalue weighted by Crippen LogP contribution is 2.21. The Hall–Kier alpha value is -0.780. The molecule has 0 amide bonds. The fourth-order valence-electron chi connectivity index (χ4n) is 0.716. The number of carbonyl (C=O) groups excluding carboxylic acids is 1. The molecule has 0 aromatic heterocycles. The zero-order valence-corrected chi connectivity index (χ0v) is 7.80. The lowest BCUT2D eigenvalue weighted by molar-refractivity contribution is -0.177. The Kier molecular flexibility index (Phi) is 5.52. The fraction of sp³-hybridized carbons (Fsp3) is 0.875. The third-order valence-electron chi connectivity index (χ3n) is 1.44. The van der Waals surface area contributed by atoms with Gasteiger partial charge in [0.15, 0.2) is 6.10 Å². The zero-order chi connectivity index (χ0) is 11.2. The van der Waals surface area contributed by atoms with Gasteiger partial charge in [0.05, 0.1) is 13.0 Å². The van der Waals surface area contributed by atoms with Crippen molar-refractivity contribution in [1.82, 2.24) is 0 Å². The van der Waals surface area contributed by atoms with Crippen LogP contribution in [0.2, 0.25) is 0 Å². The molecular formula is C8H13F3O3. The summed E-state index contributed by atoms with van der Waals surface area (Å²) in [4.78, 5) is 10.7. The topological polar surface area (TPSA) is 46.5 Å². The van der Waals surface area contributed by atoms with Crippen LogP contribution in [-0.4, -0.2) is 30.0 Å². The van der Waals surface area contributed by atoms with Crippen LogP contribution in [0.25, 0.3) is 0 Å². The highest BCUT2D eigenvalue weighted by Gasteiger charge is 2.34. The molecule has 84 valence electrons. The predicted molar refractivity (Wildman–Crippen MR) is 42.5 cm³/mol. The summed E-state index contributed by atoms with van der Waals surface area (Å²) in [5.74, 6) is -1.21. The van der Waals surface area contributed by atoms with Crippen molar-refractivity contribution in [3.05, 3.63) is 0 Å². The number of hydrogen-bond acceptors (Lipinski definition) is 3. The van der Waals surface area contributed by atoms with E-state index in [-0.39, 0.29) is 6.61 Å². The molecule has 0 aliphatic heterocycles. The second-order valence-electron chi connectivity index (χ2n) is 2.86. The molecule has 0 heterocycles. The minimum absolute atomic E-state index is 0.0459. The maximum atomic E-state index is 11.7. The highest BCUT2D eigenvalue weighted by atomic mass is 19.4. The molecule has 6 heteroatoms.